The summed E-state index contributed by atoms with van der Waals surface area (Å²) in [7, 11) is 1.74. The van der Waals surface area contributed by atoms with Crippen LogP contribution in [0.15, 0.2) is 72.8 Å². The lowest BCUT2D eigenvalue weighted by Crippen LogP contribution is -2.40. The summed E-state index contributed by atoms with van der Waals surface area (Å²) in [4.78, 5) is 25.0. The van der Waals surface area contributed by atoms with Gasteiger partial charge in [0.15, 0.2) is 0 Å². The topological polar surface area (TPSA) is 90.5 Å². The van der Waals surface area contributed by atoms with Crippen LogP contribution in [-0.2, 0) is 4.79 Å². The minimum Gasteiger partial charge on any atom is -0.506 e. The van der Waals surface area contributed by atoms with Crippen LogP contribution < -0.4 is 16.0 Å². The highest BCUT2D eigenvalue weighted by Crippen LogP contribution is 2.37. The molecule has 0 saturated heterocycles. The van der Waals surface area contributed by atoms with Crippen molar-refractivity contribution in [3.05, 3.63) is 78.4 Å². The van der Waals surface area contributed by atoms with Gasteiger partial charge < -0.3 is 21.1 Å². The molecular weight excluding hydrogens is 378 g/mol. The average molecular weight is 401 g/mol. The summed E-state index contributed by atoms with van der Waals surface area (Å²) < 4.78 is 0. The van der Waals surface area contributed by atoms with Crippen molar-refractivity contribution in [2.45, 2.75) is 18.4 Å². The van der Waals surface area contributed by atoms with Crippen LogP contribution in [0.1, 0.15) is 23.2 Å². The molecule has 6 nitrogen and oxygen atoms in total. The van der Waals surface area contributed by atoms with Crippen molar-refractivity contribution in [2.75, 3.05) is 17.7 Å². The lowest BCUT2D eigenvalue weighted by molar-refractivity contribution is -0.119. The van der Waals surface area contributed by atoms with Gasteiger partial charge in [-0.25, -0.2) is 0 Å². The molecule has 6 heteroatoms. The van der Waals surface area contributed by atoms with Crippen LogP contribution >= 0.6 is 0 Å². The molecule has 3 aromatic carbocycles. The van der Waals surface area contributed by atoms with E-state index in [0.717, 1.165) is 24.0 Å². The monoisotopic (exact) mass is 401 g/mol. The normalized spacial score (nSPS) is 14.0. The summed E-state index contributed by atoms with van der Waals surface area (Å²) >= 11 is 0. The fourth-order valence-electron chi connectivity index (χ4n) is 3.32. The summed E-state index contributed by atoms with van der Waals surface area (Å²) in [6.07, 6.45) is 1.51. The van der Waals surface area contributed by atoms with Crippen molar-refractivity contribution in [3.63, 3.8) is 0 Å². The Morgan fingerprint density at radius 3 is 2.17 bits per heavy atom. The molecular formula is C24H23N3O3. The Labute approximate surface area is 174 Å². The van der Waals surface area contributed by atoms with E-state index in [-0.39, 0.29) is 23.3 Å². The Kier molecular flexibility index (Phi) is 5.25. The minimum absolute atomic E-state index is 0.0551. The van der Waals surface area contributed by atoms with Crippen molar-refractivity contribution >= 4 is 23.2 Å². The summed E-state index contributed by atoms with van der Waals surface area (Å²) in [6, 6.07) is 21.9. The Morgan fingerprint density at radius 1 is 0.867 bits per heavy atom. The third-order valence-electron chi connectivity index (χ3n) is 5.42. The smallest absolute Gasteiger partial charge is 0.255 e. The zero-order chi connectivity index (χ0) is 21.1. The SMILES string of the molecule is CNC1(C(=O)Nc2cc(NC(=O)c3ccc(-c4ccccc4)cc3)ccc2O)CC1. The Morgan fingerprint density at radius 2 is 1.53 bits per heavy atom. The lowest BCUT2D eigenvalue weighted by atomic mass is 10.0. The van der Waals surface area contributed by atoms with Gasteiger partial charge in [0.1, 0.15) is 5.75 Å². The number of amides is 2. The first-order valence-electron chi connectivity index (χ1n) is 9.81. The molecule has 4 N–H and O–H groups in total. The highest BCUT2D eigenvalue weighted by atomic mass is 16.3. The van der Waals surface area contributed by atoms with Gasteiger partial charge in [-0.1, -0.05) is 42.5 Å². The fraction of sp³-hybridized carbons (Fsp3) is 0.167. The molecule has 152 valence electrons. The van der Waals surface area contributed by atoms with Crippen molar-refractivity contribution in [1.82, 2.24) is 5.32 Å². The number of aromatic hydroxyl groups is 1. The number of benzene rings is 3. The van der Waals surface area contributed by atoms with Crippen LogP contribution in [0, 0.1) is 0 Å². The molecule has 0 unspecified atom stereocenters. The quantitative estimate of drug-likeness (QED) is 0.371. The second-order valence-electron chi connectivity index (χ2n) is 7.42. The van der Waals surface area contributed by atoms with E-state index in [1.807, 2.05) is 42.5 Å². The van der Waals surface area contributed by atoms with E-state index in [1.54, 1.807) is 31.3 Å². The first-order valence-corrected chi connectivity index (χ1v) is 9.81. The van der Waals surface area contributed by atoms with E-state index in [9.17, 15) is 14.7 Å². The molecule has 0 radical (unpaired) electrons. The van der Waals surface area contributed by atoms with E-state index in [1.165, 1.54) is 6.07 Å². The number of carbonyl (C=O) groups is 2. The molecule has 0 aromatic heterocycles. The molecule has 30 heavy (non-hydrogen) atoms. The van der Waals surface area contributed by atoms with Gasteiger partial charge in [0.25, 0.3) is 5.91 Å². The summed E-state index contributed by atoms with van der Waals surface area (Å²) in [6.45, 7) is 0. The maximum atomic E-state index is 12.6. The van der Waals surface area contributed by atoms with Gasteiger partial charge in [0.05, 0.1) is 11.2 Å². The Hall–Kier alpha value is -3.64. The number of phenols is 1. The van der Waals surface area contributed by atoms with Crippen molar-refractivity contribution in [3.8, 4) is 16.9 Å². The number of hydrogen-bond acceptors (Lipinski definition) is 4. The van der Waals surface area contributed by atoms with Gasteiger partial charge in [0.2, 0.25) is 5.91 Å². The van der Waals surface area contributed by atoms with Crippen molar-refractivity contribution in [2.24, 2.45) is 0 Å². The molecule has 0 spiro atoms. The zero-order valence-corrected chi connectivity index (χ0v) is 16.6. The molecule has 0 heterocycles. The predicted molar refractivity (Wildman–Crippen MR) is 118 cm³/mol. The summed E-state index contributed by atoms with van der Waals surface area (Å²) in [5.41, 5.74) is 2.80. The molecule has 1 fully saturated rings. The second-order valence-corrected chi connectivity index (χ2v) is 7.42. The third-order valence-corrected chi connectivity index (χ3v) is 5.42. The lowest BCUT2D eigenvalue weighted by Gasteiger charge is -2.16. The predicted octanol–water partition coefficient (Wildman–Crippen LogP) is 4.00. The molecule has 1 aliphatic carbocycles. The number of likely N-dealkylation sites (N-methyl/N-ethyl adjacent to an activating group) is 1. The van der Waals surface area contributed by atoms with E-state index in [2.05, 4.69) is 16.0 Å². The number of hydrogen-bond donors (Lipinski definition) is 4. The van der Waals surface area contributed by atoms with Gasteiger partial charge in [-0.2, -0.15) is 0 Å². The van der Waals surface area contributed by atoms with Crippen molar-refractivity contribution < 1.29 is 14.7 Å². The van der Waals surface area contributed by atoms with Crippen LogP contribution in [0.25, 0.3) is 11.1 Å². The molecule has 0 aliphatic heterocycles. The molecule has 1 saturated carbocycles. The maximum absolute atomic E-state index is 12.6. The number of nitrogens with one attached hydrogen (secondary N) is 3. The van der Waals surface area contributed by atoms with E-state index < -0.39 is 5.54 Å². The first kappa shape index (κ1) is 19.7. The van der Waals surface area contributed by atoms with Gasteiger partial charge in [-0.05, 0) is 61.3 Å². The van der Waals surface area contributed by atoms with Gasteiger partial charge in [-0.3, -0.25) is 9.59 Å². The minimum atomic E-state index is -0.563. The summed E-state index contributed by atoms with van der Waals surface area (Å²) in [5.74, 6) is -0.521. The zero-order valence-electron chi connectivity index (χ0n) is 16.6. The van der Waals surface area contributed by atoms with Gasteiger partial charge in [0, 0.05) is 11.3 Å². The number of anilines is 2. The molecule has 0 bridgehead atoms. The van der Waals surface area contributed by atoms with Crippen LogP contribution in [0.3, 0.4) is 0 Å². The second kappa shape index (κ2) is 8.00. The molecule has 4 rings (SSSR count). The van der Waals surface area contributed by atoms with Crippen LogP contribution in [0.5, 0.6) is 5.75 Å². The number of phenolic OH excluding ortho intramolecular Hbond substituents is 1. The van der Waals surface area contributed by atoms with Gasteiger partial charge >= 0.3 is 0 Å². The summed E-state index contributed by atoms with van der Waals surface area (Å²) in [5, 5.41) is 18.6. The van der Waals surface area contributed by atoms with Crippen molar-refractivity contribution in [1.29, 1.82) is 0 Å². The van der Waals surface area contributed by atoms with Crippen LogP contribution in [-0.4, -0.2) is 29.5 Å². The Bertz CT molecular complexity index is 1070. The number of carbonyl (C=O) groups excluding carboxylic acids is 2. The van der Waals surface area contributed by atoms with Crippen LogP contribution in [0.2, 0.25) is 0 Å². The Balaban J connectivity index is 1.46. The van der Waals surface area contributed by atoms with Crippen LogP contribution in [0.4, 0.5) is 11.4 Å². The van der Waals surface area contributed by atoms with Gasteiger partial charge in [-0.15, -0.1) is 0 Å². The molecule has 0 atom stereocenters. The first-order chi connectivity index (χ1) is 14.5. The average Bonchev–Trinajstić information content (AvgIpc) is 3.58. The van der Waals surface area contributed by atoms with E-state index >= 15 is 0 Å². The van der Waals surface area contributed by atoms with E-state index in [4.69, 9.17) is 0 Å². The highest BCUT2D eigenvalue weighted by Gasteiger charge is 2.48. The molecule has 1 aliphatic rings. The fourth-order valence-corrected chi connectivity index (χ4v) is 3.32. The largest absolute Gasteiger partial charge is 0.506 e. The third kappa shape index (κ3) is 4.04. The standard InChI is InChI=1S/C24H23N3O3/c1-25-24(13-14-24)23(30)27-20-15-19(11-12-21(20)28)26-22(29)18-9-7-17(8-10-18)16-5-3-2-4-6-16/h2-12,15,25,28H,13-14H2,1H3,(H,26,29)(H,27,30). The van der Waals surface area contributed by atoms with E-state index in [0.29, 0.717) is 11.3 Å². The molecule has 3 aromatic rings. The maximum Gasteiger partial charge on any atom is 0.255 e. The number of rotatable bonds is 6. The molecule has 2 amide bonds. The highest BCUT2D eigenvalue weighted by molar-refractivity contribution is 6.06.